The number of alkyl halides is 3. The molecule has 1 aliphatic heterocycles. The van der Waals surface area contributed by atoms with Crippen LogP contribution in [0.2, 0.25) is 0 Å². The van der Waals surface area contributed by atoms with Crippen LogP contribution in [0.5, 0.6) is 0 Å². The van der Waals surface area contributed by atoms with Crippen LogP contribution < -0.4 is 5.32 Å². The van der Waals surface area contributed by atoms with E-state index < -0.39 is 30.6 Å². The molecule has 1 atom stereocenters. The van der Waals surface area contributed by atoms with Crippen molar-refractivity contribution in [3.05, 3.63) is 40.2 Å². The van der Waals surface area contributed by atoms with Crippen LogP contribution >= 0.6 is 11.3 Å². The Morgan fingerprint density at radius 2 is 2.15 bits per heavy atom. The lowest BCUT2D eigenvalue weighted by Crippen LogP contribution is -2.44. The maximum atomic E-state index is 12.5. The molecule has 0 aromatic carbocycles. The Morgan fingerprint density at radius 1 is 1.38 bits per heavy atom. The van der Waals surface area contributed by atoms with Crippen molar-refractivity contribution in [1.82, 2.24) is 15.2 Å². The van der Waals surface area contributed by atoms with Crippen LogP contribution in [-0.2, 0) is 4.79 Å². The molecular weight excluding hydrogens is 367 g/mol. The summed E-state index contributed by atoms with van der Waals surface area (Å²) in [5, 5.41) is 6.38. The molecule has 0 unspecified atom stereocenters. The number of aromatic nitrogens is 1. The van der Waals surface area contributed by atoms with E-state index in [9.17, 15) is 22.8 Å². The molecule has 1 aliphatic rings. The third kappa shape index (κ3) is 4.04. The third-order valence-electron chi connectivity index (χ3n) is 4.12. The minimum atomic E-state index is -4.45. The van der Waals surface area contributed by atoms with Gasteiger partial charge in [-0.1, -0.05) is 0 Å². The highest BCUT2D eigenvalue weighted by Crippen LogP contribution is 2.23. The first-order chi connectivity index (χ1) is 12.2. The first-order valence-corrected chi connectivity index (χ1v) is 8.85. The lowest BCUT2D eigenvalue weighted by Gasteiger charge is -2.18. The van der Waals surface area contributed by atoms with Gasteiger partial charge < -0.3 is 10.2 Å². The van der Waals surface area contributed by atoms with Gasteiger partial charge in [0.15, 0.2) is 0 Å². The second-order valence-electron chi connectivity index (χ2n) is 6.03. The highest BCUT2D eigenvalue weighted by molar-refractivity contribution is 7.08. The van der Waals surface area contributed by atoms with E-state index in [0.29, 0.717) is 11.3 Å². The fraction of sp³-hybridized carbons (Fsp3) is 0.353. The molecule has 0 saturated carbocycles. The Labute approximate surface area is 151 Å². The van der Waals surface area contributed by atoms with E-state index in [1.807, 2.05) is 16.8 Å². The van der Waals surface area contributed by atoms with Crippen LogP contribution in [0.4, 0.5) is 13.2 Å². The maximum Gasteiger partial charge on any atom is 0.406 e. The molecule has 0 bridgehead atoms. The monoisotopic (exact) mass is 383 g/mol. The normalized spacial score (nSPS) is 17.6. The number of carbonyl (C=O) groups excluding carboxylic acids is 2. The number of nitrogens with zero attached hydrogens (tertiary/aromatic N) is 2. The van der Waals surface area contributed by atoms with Crippen molar-refractivity contribution >= 4 is 23.2 Å². The first-order valence-electron chi connectivity index (χ1n) is 7.91. The third-order valence-corrected chi connectivity index (χ3v) is 4.80. The number of likely N-dealkylation sites (tertiary alicyclic amines) is 1. The Hall–Kier alpha value is -2.42. The number of hydrogen-bond donors (Lipinski definition) is 1. The summed E-state index contributed by atoms with van der Waals surface area (Å²) >= 11 is 1.53. The van der Waals surface area contributed by atoms with Crippen molar-refractivity contribution in [2.45, 2.75) is 25.6 Å². The van der Waals surface area contributed by atoms with E-state index in [-0.39, 0.29) is 13.0 Å². The molecule has 3 rings (SSSR count). The molecule has 9 heteroatoms. The van der Waals surface area contributed by atoms with Crippen molar-refractivity contribution in [3.63, 3.8) is 0 Å². The Bertz CT molecular complexity index is 821. The zero-order valence-electron chi connectivity index (χ0n) is 13.8. The second kappa shape index (κ2) is 7.06. The van der Waals surface area contributed by atoms with Crippen molar-refractivity contribution < 1.29 is 22.8 Å². The minimum absolute atomic E-state index is 0.0301. The first kappa shape index (κ1) is 18.4. The van der Waals surface area contributed by atoms with Crippen LogP contribution in [0.15, 0.2) is 29.0 Å². The van der Waals surface area contributed by atoms with Gasteiger partial charge in [-0.05, 0) is 36.9 Å². The summed E-state index contributed by atoms with van der Waals surface area (Å²) in [5.74, 6) is -1.23. The number of aryl methyl sites for hydroxylation is 1. The van der Waals surface area contributed by atoms with Crippen molar-refractivity contribution in [2.75, 3.05) is 13.1 Å². The predicted octanol–water partition coefficient (Wildman–Crippen LogP) is 3.01. The average molecular weight is 383 g/mol. The number of thiophene rings is 1. The number of nitrogens with one attached hydrogen (secondary N) is 1. The smallest absolute Gasteiger partial charge is 0.340 e. The maximum absolute atomic E-state index is 12.5. The van der Waals surface area contributed by atoms with E-state index in [1.54, 1.807) is 19.1 Å². The molecule has 2 aromatic heterocycles. The molecule has 5 nitrogen and oxygen atoms in total. The number of hydrogen-bond acceptors (Lipinski definition) is 4. The Balaban J connectivity index is 1.68. The van der Waals surface area contributed by atoms with E-state index in [0.717, 1.165) is 16.2 Å². The number of pyridine rings is 1. The molecule has 2 amide bonds. The summed E-state index contributed by atoms with van der Waals surface area (Å²) in [5.41, 5.74) is 2.46. The quantitative estimate of drug-likeness (QED) is 0.883. The molecule has 26 heavy (non-hydrogen) atoms. The molecule has 0 aliphatic carbocycles. The molecule has 3 heterocycles. The standard InChI is InChI=1S/C17H16F3N3O2S/c1-10-12(2-3-13(21-10)11-5-7-26-8-11)15(24)22-14-4-6-23(16(14)25)9-17(18,19)20/h2-3,5,7-8,14H,4,6,9H2,1H3,(H,22,24)/t14-/m0/s1. The number of halogens is 3. The molecular formula is C17H16F3N3O2S. The lowest BCUT2D eigenvalue weighted by atomic mass is 10.1. The van der Waals surface area contributed by atoms with Crippen LogP contribution in [0.1, 0.15) is 22.5 Å². The Kier molecular flexibility index (Phi) is 4.99. The zero-order chi connectivity index (χ0) is 18.9. The van der Waals surface area contributed by atoms with Gasteiger partial charge in [0.25, 0.3) is 5.91 Å². The summed E-state index contributed by atoms with van der Waals surface area (Å²) in [6, 6.07) is 4.29. The highest BCUT2D eigenvalue weighted by Gasteiger charge is 2.39. The van der Waals surface area contributed by atoms with E-state index in [4.69, 9.17) is 0 Å². The zero-order valence-corrected chi connectivity index (χ0v) is 14.7. The molecule has 138 valence electrons. The molecule has 0 spiro atoms. The molecule has 2 aromatic rings. The van der Waals surface area contributed by atoms with Crippen LogP contribution in [0.25, 0.3) is 11.3 Å². The van der Waals surface area contributed by atoms with Crippen molar-refractivity contribution in [3.8, 4) is 11.3 Å². The van der Waals surface area contributed by atoms with Gasteiger partial charge in [0.05, 0.1) is 17.0 Å². The number of rotatable bonds is 4. The summed E-state index contributed by atoms with van der Waals surface area (Å²) in [7, 11) is 0. The van der Waals surface area contributed by atoms with Crippen LogP contribution in [-0.4, -0.2) is 47.0 Å². The second-order valence-corrected chi connectivity index (χ2v) is 6.81. The number of carbonyl (C=O) groups is 2. The largest absolute Gasteiger partial charge is 0.406 e. The summed E-state index contributed by atoms with van der Waals surface area (Å²) in [4.78, 5) is 29.6. The molecule has 1 fully saturated rings. The van der Waals surface area contributed by atoms with E-state index in [2.05, 4.69) is 10.3 Å². The van der Waals surface area contributed by atoms with Gasteiger partial charge in [-0.15, -0.1) is 0 Å². The van der Waals surface area contributed by atoms with Gasteiger partial charge in [0, 0.05) is 17.5 Å². The van der Waals surface area contributed by atoms with Gasteiger partial charge in [0.1, 0.15) is 12.6 Å². The fourth-order valence-electron chi connectivity index (χ4n) is 2.85. The van der Waals surface area contributed by atoms with E-state index in [1.165, 1.54) is 11.3 Å². The van der Waals surface area contributed by atoms with Gasteiger partial charge in [-0.2, -0.15) is 24.5 Å². The Morgan fingerprint density at radius 3 is 2.77 bits per heavy atom. The SMILES string of the molecule is Cc1nc(-c2ccsc2)ccc1C(=O)N[C@H]1CCN(CC(F)(F)F)C1=O. The fourth-order valence-corrected chi connectivity index (χ4v) is 3.50. The lowest BCUT2D eigenvalue weighted by molar-refractivity contribution is -0.157. The van der Waals surface area contributed by atoms with Gasteiger partial charge in [-0.3, -0.25) is 14.6 Å². The van der Waals surface area contributed by atoms with Gasteiger partial charge in [0.2, 0.25) is 5.91 Å². The van der Waals surface area contributed by atoms with Crippen LogP contribution in [0.3, 0.4) is 0 Å². The topological polar surface area (TPSA) is 62.3 Å². The van der Waals surface area contributed by atoms with Crippen molar-refractivity contribution in [1.29, 1.82) is 0 Å². The predicted molar refractivity (Wildman–Crippen MR) is 90.8 cm³/mol. The number of amides is 2. The van der Waals surface area contributed by atoms with Gasteiger partial charge in [-0.25, -0.2) is 0 Å². The average Bonchev–Trinajstić information content (AvgIpc) is 3.19. The summed E-state index contributed by atoms with van der Waals surface area (Å²) in [6.45, 7) is 0.350. The summed E-state index contributed by atoms with van der Waals surface area (Å²) < 4.78 is 37.4. The van der Waals surface area contributed by atoms with E-state index >= 15 is 0 Å². The highest BCUT2D eigenvalue weighted by atomic mass is 32.1. The van der Waals surface area contributed by atoms with Crippen LogP contribution in [0, 0.1) is 6.92 Å². The van der Waals surface area contributed by atoms with Gasteiger partial charge >= 0.3 is 6.18 Å². The summed E-state index contributed by atoms with van der Waals surface area (Å²) in [6.07, 6.45) is -4.30. The molecule has 1 saturated heterocycles. The van der Waals surface area contributed by atoms with Crippen molar-refractivity contribution in [2.24, 2.45) is 0 Å². The molecule has 1 N–H and O–H groups in total. The molecule has 0 radical (unpaired) electrons. The minimum Gasteiger partial charge on any atom is -0.340 e.